The van der Waals surface area contributed by atoms with Gasteiger partial charge in [0.15, 0.2) is 11.5 Å². The number of pyridine rings is 1. The van der Waals surface area contributed by atoms with E-state index in [0.29, 0.717) is 43.6 Å². The highest BCUT2D eigenvalue weighted by molar-refractivity contribution is 9.10. The van der Waals surface area contributed by atoms with Crippen molar-refractivity contribution < 1.29 is 19.0 Å². The van der Waals surface area contributed by atoms with E-state index in [1.165, 1.54) is 7.11 Å². The number of hydrogen-bond donors (Lipinski definition) is 0. The Hall–Kier alpha value is -3.69. The molecule has 0 N–H and O–H groups in total. The molecule has 5 rings (SSSR count). The van der Waals surface area contributed by atoms with Crippen molar-refractivity contribution in [2.75, 3.05) is 38.7 Å². The maximum atomic E-state index is 12.2. The molecule has 2 aromatic carbocycles. The van der Waals surface area contributed by atoms with Gasteiger partial charge < -0.3 is 19.1 Å². The molecule has 0 amide bonds. The molecular weight excluding hydrogens is 715 g/mol. The Morgan fingerprint density at radius 1 is 0.796 bits per heavy atom. The third-order valence-electron chi connectivity index (χ3n) is 8.08. The minimum atomic E-state index is -1.29. The molecule has 0 aliphatic carbocycles. The molecule has 0 fully saturated rings. The van der Waals surface area contributed by atoms with Crippen molar-refractivity contribution in [1.82, 2.24) is 19.6 Å². The highest BCUT2D eigenvalue weighted by atomic mass is 79.9. The summed E-state index contributed by atoms with van der Waals surface area (Å²) in [5.41, 5.74) is 6.33. The zero-order chi connectivity index (χ0) is 35.2. The summed E-state index contributed by atoms with van der Waals surface area (Å²) in [6, 6.07) is 23.6. The number of anilines is 1. The monoisotopic (exact) mass is 759 g/mol. The van der Waals surface area contributed by atoms with Crippen molar-refractivity contribution in [2.45, 2.75) is 51.4 Å². The lowest BCUT2D eigenvalue weighted by atomic mass is 10.1. The molecule has 0 saturated carbocycles. The van der Waals surface area contributed by atoms with Crippen molar-refractivity contribution >= 4 is 49.5 Å². The van der Waals surface area contributed by atoms with Gasteiger partial charge in [-0.05, 0) is 46.2 Å². The van der Waals surface area contributed by atoms with Gasteiger partial charge in [-0.2, -0.15) is 9.61 Å². The fourth-order valence-corrected chi connectivity index (χ4v) is 7.36. The lowest BCUT2D eigenvalue weighted by Crippen LogP contribution is -2.33. The summed E-state index contributed by atoms with van der Waals surface area (Å²) >= 11 is 3.92. The van der Waals surface area contributed by atoms with Crippen molar-refractivity contribution in [3.8, 4) is 33.6 Å². The minimum absolute atomic E-state index is 0.318. The normalized spacial score (nSPS) is 12.0. The highest BCUT2D eigenvalue weighted by Crippen LogP contribution is 2.38. The van der Waals surface area contributed by atoms with Gasteiger partial charge in [0.25, 0.3) is 0 Å². The summed E-state index contributed by atoms with van der Waals surface area (Å²) in [5, 5.41) is 4.87. The third kappa shape index (κ3) is 9.52. The maximum Gasteiger partial charge on any atom is 0.337 e. The number of benzene rings is 2. The molecule has 258 valence electrons. The molecule has 0 aliphatic rings. The van der Waals surface area contributed by atoms with Crippen molar-refractivity contribution in [1.29, 1.82) is 0 Å². The largest absolute Gasteiger partial charge is 0.465 e. The summed E-state index contributed by atoms with van der Waals surface area (Å²) in [4.78, 5) is 24.2. The second-order valence-corrected chi connectivity index (χ2v) is 26.5. The van der Waals surface area contributed by atoms with Gasteiger partial charge in [0.05, 0.1) is 34.7 Å². The Morgan fingerprint density at radius 2 is 1.41 bits per heavy atom. The number of fused-ring (bicyclic) bond motifs is 1. The molecule has 3 aromatic heterocycles. The zero-order valence-corrected chi connectivity index (χ0v) is 33.1. The molecule has 0 spiro atoms. The molecule has 0 saturated heterocycles. The van der Waals surface area contributed by atoms with Crippen LogP contribution in [-0.4, -0.2) is 75.5 Å². The molecule has 49 heavy (non-hydrogen) atoms. The predicted octanol–water partition coefficient (Wildman–Crippen LogP) is 9.11. The average Bonchev–Trinajstić information content (AvgIpc) is 3.50. The van der Waals surface area contributed by atoms with E-state index in [1.54, 1.807) is 12.1 Å². The van der Waals surface area contributed by atoms with Gasteiger partial charge in [0, 0.05) is 57.8 Å². The topological polar surface area (TPSA) is 91.1 Å². The van der Waals surface area contributed by atoms with Crippen LogP contribution in [-0.2, 0) is 14.2 Å². The number of methoxy groups -OCH3 is 1. The molecule has 0 unspecified atom stereocenters. The summed E-state index contributed by atoms with van der Waals surface area (Å²) in [7, 11) is -1.20. The number of hydrogen-bond acceptors (Lipinski definition) is 8. The van der Waals surface area contributed by atoms with Crippen LogP contribution in [0.15, 0.2) is 83.6 Å². The van der Waals surface area contributed by atoms with E-state index in [4.69, 9.17) is 29.3 Å². The summed E-state index contributed by atoms with van der Waals surface area (Å²) in [6.07, 6.45) is 3.70. The Kier molecular flexibility index (Phi) is 11.9. The second-order valence-electron chi connectivity index (χ2n) is 14.5. The van der Waals surface area contributed by atoms with Gasteiger partial charge in [-0.1, -0.05) is 87.8 Å². The smallest absolute Gasteiger partial charge is 0.337 e. The number of halogens is 1. The van der Waals surface area contributed by atoms with E-state index in [9.17, 15) is 4.79 Å². The van der Waals surface area contributed by atoms with Crippen LogP contribution in [0.25, 0.3) is 39.3 Å². The quantitative estimate of drug-likeness (QED) is 0.0452. The Bertz CT molecular complexity index is 1830. The fraction of sp³-hybridized carbons (Fsp3) is 0.351. The molecule has 0 radical (unpaired) electrons. The Balaban J connectivity index is 1.60. The summed E-state index contributed by atoms with van der Waals surface area (Å²) < 4.78 is 20.2. The van der Waals surface area contributed by atoms with Crippen LogP contribution in [0.4, 0.5) is 5.82 Å². The van der Waals surface area contributed by atoms with Gasteiger partial charge in [-0.25, -0.2) is 9.78 Å². The van der Waals surface area contributed by atoms with Crippen molar-refractivity contribution in [2.24, 2.45) is 0 Å². The van der Waals surface area contributed by atoms with E-state index < -0.39 is 22.1 Å². The first kappa shape index (κ1) is 36.6. The van der Waals surface area contributed by atoms with Gasteiger partial charge in [0.1, 0.15) is 13.5 Å². The van der Waals surface area contributed by atoms with Gasteiger partial charge in [0.2, 0.25) is 0 Å². The SMILES string of the molecule is COC(=O)c1ccc(-c2nc3c(-c4ccc(-c5ccccc5)nc4)cnn3c(N(COCC[Si](C)(C)C)COCC[Si](C)(C)C)c2Br)cc1. The van der Waals surface area contributed by atoms with Crippen LogP contribution < -0.4 is 4.90 Å². The predicted molar refractivity (Wildman–Crippen MR) is 207 cm³/mol. The Labute approximate surface area is 299 Å². The first-order valence-electron chi connectivity index (χ1n) is 16.5. The lowest BCUT2D eigenvalue weighted by Gasteiger charge is -2.28. The first-order chi connectivity index (χ1) is 23.3. The van der Waals surface area contributed by atoms with E-state index in [1.807, 2.05) is 65.4 Å². The molecule has 0 aliphatic heterocycles. The van der Waals surface area contributed by atoms with Crippen LogP contribution in [0.1, 0.15) is 10.4 Å². The number of esters is 1. The van der Waals surface area contributed by atoms with E-state index in [-0.39, 0.29) is 0 Å². The zero-order valence-electron chi connectivity index (χ0n) is 29.5. The first-order valence-corrected chi connectivity index (χ1v) is 24.7. The number of aromatic nitrogens is 4. The molecular formula is C37H46BrN5O4Si2. The number of rotatable bonds is 15. The van der Waals surface area contributed by atoms with E-state index in [0.717, 1.165) is 50.3 Å². The molecule has 9 nitrogen and oxygen atoms in total. The molecule has 0 bridgehead atoms. The lowest BCUT2D eigenvalue weighted by molar-refractivity contribution is 0.0600. The van der Waals surface area contributed by atoms with E-state index >= 15 is 0 Å². The maximum absolute atomic E-state index is 12.2. The molecule has 3 heterocycles. The average molecular weight is 761 g/mol. The van der Waals surface area contributed by atoms with Crippen molar-refractivity contribution in [3.05, 3.63) is 89.2 Å². The standard InChI is InChI=1S/C37H46BrN5O4Si2/c1-45-37(44)29-15-13-28(14-16-29)34-33(38)36(42(25-46-19-21-48(2,3)4)26-47-20-22-49(5,6)7)43-35(41-34)31(24-40-43)30-17-18-32(39-23-30)27-11-9-8-10-12-27/h8-18,23-24H,19-22,25-26H2,1-7H3. The molecule has 5 aromatic rings. The third-order valence-corrected chi connectivity index (χ3v) is 12.2. The number of nitrogens with zero attached hydrogens (tertiary/aromatic N) is 5. The number of carbonyl (C=O) groups is 1. The number of ether oxygens (including phenoxy) is 3. The van der Waals surface area contributed by atoms with E-state index in [2.05, 4.69) is 66.2 Å². The van der Waals surface area contributed by atoms with Crippen LogP contribution in [0.3, 0.4) is 0 Å². The van der Waals surface area contributed by atoms with Gasteiger partial charge in [-0.3, -0.25) is 4.98 Å². The highest BCUT2D eigenvalue weighted by Gasteiger charge is 2.25. The molecule has 0 atom stereocenters. The van der Waals surface area contributed by atoms with Crippen LogP contribution in [0.5, 0.6) is 0 Å². The number of carbonyl (C=O) groups excluding carboxylic acids is 1. The molecule has 12 heteroatoms. The summed E-state index contributed by atoms with van der Waals surface area (Å²) in [5.74, 6) is 0.370. The minimum Gasteiger partial charge on any atom is -0.465 e. The Morgan fingerprint density at radius 3 is 1.96 bits per heavy atom. The van der Waals surface area contributed by atoms with Gasteiger partial charge >= 0.3 is 5.97 Å². The van der Waals surface area contributed by atoms with Gasteiger partial charge in [-0.15, -0.1) is 0 Å². The van der Waals surface area contributed by atoms with Crippen LogP contribution in [0.2, 0.25) is 51.4 Å². The van der Waals surface area contributed by atoms with Crippen molar-refractivity contribution in [3.63, 3.8) is 0 Å². The van der Waals surface area contributed by atoms with Crippen LogP contribution in [0, 0.1) is 0 Å². The summed E-state index contributed by atoms with van der Waals surface area (Å²) in [6.45, 7) is 16.1. The fourth-order valence-electron chi connectivity index (χ4n) is 5.11. The van der Waals surface area contributed by atoms with Crippen LogP contribution >= 0.6 is 15.9 Å². The second kappa shape index (κ2) is 15.9.